The van der Waals surface area contributed by atoms with Gasteiger partial charge in [-0.3, -0.25) is 0 Å². The molecule has 0 aliphatic carbocycles. The summed E-state index contributed by atoms with van der Waals surface area (Å²) in [7, 11) is 1.80. The number of hydrogen-bond donors (Lipinski definition) is 0. The monoisotopic (exact) mass is 185 g/mol. The second-order valence-electron chi connectivity index (χ2n) is 4.46. The minimum Gasteiger partial charge on any atom is -0.384 e. The van der Waals surface area contributed by atoms with Gasteiger partial charge in [0.15, 0.2) is 0 Å². The van der Waals surface area contributed by atoms with E-state index in [4.69, 9.17) is 4.74 Å². The average Bonchev–Trinajstić information content (AvgIpc) is 2.48. The van der Waals surface area contributed by atoms with Crippen molar-refractivity contribution in [2.24, 2.45) is 11.8 Å². The number of hydrogen-bond acceptors (Lipinski definition) is 2. The Hall–Kier alpha value is -0.0800. The third kappa shape index (κ3) is 2.68. The summed E-state index contributed by atoms with van der Waals surface area (Å²) in [6.45, 7) is 10.2. The molecule has 1 heterocycles. The van der Waals surface area contributed by atoms with Crippen LogP contribution in [0.15, 0.2) is 0 Å². The van der Waals surface area contributed by atoms with Crippen molar-refractivity contribution in [1.82, 2.24) is 4.90 Å². The number of rotatable bonds is 4. The molecule has 78 valence electrons. The Morgan fingerprint density at radius 3 is 2.54 bits per heavy atom. The minimum absolute atomic E-state index is 0.761. The molecule has 0 aromatic rings. The molecule has 0 spiro atoms. The largest absolute Gasteiger partial charge is 0.384 e. The molecule has 13 heavy (non-hydrogen) atoms. The summed E-state index contributed by atoms with van der Waals surface area (Å²) in [5.74, 6) is 1.54. The van der Waals surface area contributed by atoms with E-state index in [1.807, 2.05) is 0 Å². The molecule has 0 unspecified atom stereocenters. The summed E-state index contributed by atoms with van der Waals surface area (Å²) in [6, 6.07) is 0.783. The highest BCUT2D eigenvalue weighted by molar-refractivity contribution is 4.86. The average molecular weight is 185 g/mol. The van der Waals surface area contributed by atoms with Gasteiger partial charge in [0.05, 0.1) is 6.61 Å². The Morgan fingerprint density at radius 1 is 1.46 bits per heavy atom. The molecule has 1 rings (SSSR count). The van der Waals surface area contributed by atoms with Crippen molar-refractivity contribution < 1.29 is 4.74 Å². The first-order valence-electron chi connectivity index (χ1n) is 5.42. The van der Waals surface area contributed by atoms with Crippen LogP contribution in [0, 0.1) is 11.8 Å². The Bertz CT molecular complexity index is 147. The fourth-order valence-corrected chi connectivity index (χ4v) is 2.45. The van der Waals surface area contributed by atoms with Crippen LogP contribution in [-0.2, 0) is 4.74 Å². The predicted octanol–water partition coefficient (Wildman–Crippen LogP) is 2.00. The summed E-state index contributed by atoms with van der Waals surface area (Å²) in [6.07, 6.45) is 1.32. The Kier molecular flexibility index (Phi) is 4.20. The quantitative estimate of drug-likeness (QED) is 0.664. The molecular formula is C11H23NO. The summed E-state index contributed by atoms with van der Waals surface area (Å²) >= 11 is 0. The normalized spacial score (nSPS) is 30.2. The van der Waals surface area contributed by atoms with Gasteiger partial charge in [-0.25, -0.2) is 0 Å². The lowest BCUT2D eigenvalue weighted by atomic mass is 9.98. The Morgan fingerprint density at radius 2 is 2.15 bits per heavy atom. The van der Waals surface area contributed by atoms with Crippen molar-refractivity contribution in [3.05, 3.63) is 0 Å². The van der Waals surface area contributed by atoms with Crippen LogP contribution in [-0.4, -0.2) is 37.7 Å². The minimum atomic E-state index is 0.761. The zero-order chi connectivity index (χ0) is 9.84. The lowest BCUT2D eigenvalue weighted by Crippen LogP contribution is -2.33. The van der Waals surface area contributed by atoms with Crippen LogP contribution in [0.3, 0.4) is 0 Å². The van der Waals surface area contributed by atoms with Gasteiger partial charge in [0.1, 0.15) is 0 Å². The summed E-state index contributed by atoms with van der Waals surface area (Å²) < 4.78 is 5.22. The second kappa shape index (κ2) is 4.97. The maximum atomic E-state index is 5.22. The number of likely N-dealkylation sites (tertiary alicyclic amines) is 1. The summed E-state index contributed by atoms with van der Waals surface area (Å²) in [4.78, 5) is 2.59. The maximum absolute atomic E-state index is 5.22. The lowest BCUT2D eigenvalue weighted by molar-refractivity contribution is 0.153. The zero-order valence-electron chi connectivity index (χ0n) is 9.42. The van der Waals surface area contributed by atoms with E-state index in [1.54, 1.807) is 7.11 Å². The Balaban J connectivity index is 2.46. The number of methoxy groups -OCH3 is 1. The first-order valence-corrected chi connectivity index (χ1v) is 5.42. The van der Waals surface area contributed by atoms with Crippen LogP contribution < -0.4 is 0 Å². The SMILES string of the molecule is CCN1C[C@@H](COC)C[C@H]1C(C)C. The molecule has 0 N–H and O–H groups in total. The summed E-state index contributed by atoms with van der Waals surface area (Å²) in [5.41, 5.74) is 0. The van der Waals surface area contributed by atoms with Gasteiger partial charge in [-0.1, -0.05) is 20.8 Å². The van der Waals surface area contributed by atoms with E-state index in [2.05, 4.69) is 25.7 Å². The van der Waals surface area contributed by atoms with Crippen molar-refractivity contribution in [2.75, 3.05) is 26.8 Å². The van der Waals surface area contributed by atoms with E-state index < -0.39 is 0 Å². The van der Waals surface area contributed by atoms with Crippen molar-refractivity contribution in [1.29, 1.82) is 0 Å². The Labute approximate surface area is 82.3 Å². The van der Waals surface area contributed by atoms with Gasteiger partial charge in [0.25, 0.3) is 0 Å². The molecule has 0 bridgehead atoms. The van der Waals surface area contributed by atoms with Crippen LogP contribution in [0.2, 0.25) is 0 Å². The third-order valence-corrected chi connectivity index (χ3v) is 3.11. The summed E-state index contributed by atoms with van der Waals surface area (Å²) in [5, 5.41) is 0. The van der Waals surface area contributed by atoms with E-state index in [9.17, 15) is 0 Å². The molecule has 2 nitrogen and oxygen atoms in total. The number of ether oxygens (including phenoxy) is 1. The lowest BCUT2D eigenvalue weighted by Gasteiger charge is -2.25. The van der Waals surface area contributed by atoms with Crippen molar-refractivity contribution in [3.63, 3.8) is 0 Å². The van der Waals surface area contributed by atoms with E-state index in [0.717, 1.165) is 24.5 Å². The molecule has 2 atom stereocenters. The van der Waals surface area contributed by atoms with Gasteiger partial charge in [-0.2, -0.15) is 0 Å². The molecular weight excluding hydrogens is 162 g/mol. The van der Waals surface area contributed by atoms with Crippen LogP contribution in [0.5, 0.6) is 0 Å². The van der Waals surface area contributed by atoms with E-state index in [1.165, 1.54) is 19.5 Å². The highest BCUT2D eigenvalue weighted by Crippen LogP contribution is 2.27. The topological polar surface area (TPSA) is 12.5 Å². The van der Waals surface area contributed by atoms with Gasteiger partial charge < -0.3 is 9.64 Å². The van der Waals surface area contributed by atoms with Gasteiger partial charge in [-0.05, 0) is 24.8 Å². The molecule has 0 amide bonds. The van der Waals surface area contributed by atoms with Gasteiger partial charge in [0, 0.05) is 19.7 Å². The van der Waals surface area contributed by atoms with Gasteiger partial charge in [-0.15, -0.1) is 0 Å². The highest BCUT2D eigenvalue weighted by Gasteiger charge is 2.32. The first kappa shape index (κ1) is 11.0. The third-order valence-electron chi connectivity index (χ3n) is 3.11. The zero-order valence-corrected chi connectivity index (χ0v) is 9.42. The van der Waals surface area contributed by atoms with Crippen molar-refractivity contribution in [2.45, 2.75) is 33.2 Å². The molecule has 1 aliphatic heterocycles. The first-order chi connectivity index (χ1) is 6.19. The van der Waals surface area contributed by atoms with Crippen LogP contribution in [0.1, 0.15) is 27.2 Å². The smallest absolute Gasteiger partial charge is 0.0503 e. The van der Waals surface area contributed by atoms with Crippen molar-refractivity contribution >= 4 is 0 Å². The van der Waals surface area contributed by atoms with Crippen LogP contribution in [0.4, 0.5) is 0 Å². The molecule has 1 saturated heterocycles. The molecule has 1 aliphatic rings. The molecule has 0 aromatic heterocycles. The highest BCUT2D eigenvalue weighted by atomic mass is 16.5. The van der Waals surface area contributed by atoms with E-state index in [-0.39, 0.29) is 0 Å². The van der Waals surface area contributed by atoms with Gasteiger partial charge >= 0.3 is 0 Å². The van der Waals surface area contributed by atoms with Gasteiger partial charge in [0.2, 0.25) is 0 Å². The molecule has 2 heteroatoms. The van der Waals surface area contributed by atoms with Crippen molar-refractivity contribution in [3.8, 4) is 0 Å². The standard InChI is InChI=1S/C11H23NO/c1-5-12-7-10(8-13-4)6-11(12)9(2)3/h9-11H,5-8H2,1-4H3/t10-,11-/m0/s1. The molecule has 0 radical (unpaired) electrons. The molecule has 1 fully saturated rings. The molecule has 0 aromatic carbocycles. The second-order valence-corrected chi connectivity index (χ2v) is 4.46. The van der Waals surface area contributed by atoms with E-state index >= 15 is 0 Å². The van der Waals surface area contributed by atoms with Crippen LogP contribution >= 0.6 is 0 Å². The molecule has 0 saturated carbocycles. The maximum Gasteiger partial charge on any atom is 0.0503 e. The fourth-order valence-electron chi connectivity index (χ4n) is 2.45. The van der Waals surface area contributed by atoms with Crippen LogP contribution in [0.25, 0.3) is 0 Å². The predicted molar refractivity (Wildman–Crippen MR) is 55.9 cm³/mol. The fraction of sp³-hybridized carbons (Fsp3) is 1.00. The van der Waals surface area contributed by atoms with E-state index in [0.29, 0.717) is 0 Å². The number of nitrogens with zero attached hydrogens (tertiary/aromatic N) is 1.